The molecule has 0 saturated heterocycles. The molecule has 4 nitrogen and oxygen atoms in total. The number of nitrogens with zero attached hydrogens (tertiary/aromatic N) is 1. The van der Waals surface area contributed by atoms with Crippen LogP contribution in [0.3, 0.4) is 0 Å². The monoisotopic (exact) mass is 229 g/mol. The minimum absolute atomic E-state index is 0.390. The van der Waals surface area contributed by atoms with Crippen LogP contribution >= 0.6 is 0 Å². The van der Waals surface area contributed by atoms with E-state index in [1.807, 2.05) is 35.4 Å². The lowest BCUT2D eigenvalue weighted by Crippen LogP contribution is -2.19. The molecule has 2 aliphatic heterocycles. The van der Waals surface area contributed by atoms with Gasteiger partial charge in [-0.05, 0) is 17.7 Å². The van der Waals surface area contributed by atoms with E-state index in [-0.39, 0.29) is 0 Å². The zero-order valence-corrected chi connectivity index (χ0v) is 9.09. The first-order chi connectivity index (χ1) is 8.25. The van der Waals surface area contributed by atoms with Gasteiger partial charge >= 0.3 is 5.97 Å². The van der Waals surface area contributed by atoms with Gasteiger partial charge in [-0.2, -0.15) is 0 Å². The number of hydrogen-bond acceptors (Lipinski definition) is 3. The highest BCUT2D eigenvalue weighted by Crippen LogP contribution is 2.38. The Kier molecular flexibility index (Phi) is 2.14. The molecule has 0 fully saturated rings. The molecule has 1 aromatic rings. The van der Waals surface area contributed by atoms with Crippen molar-refractivity contribution in [3.8, 4) is 5.75 Å². The Balaban J connectivity index is 2.17. The highest BCUT2D eigenvalue weighted by Gasteiger charge is 2.24. The summed E-state index contributed by atoms with van der Waals surface area (Å²) in [5.41, 5.74) is 2.32. The lowest BCUT2D eigenvalue weighted by Gasteiger charge is -2.25. The molecular formula is C13H11NO3. The molecule has 1 N–H and O–H groups in total. The van der Waals surface area contributed by atoms with Gasteiger partial charge in [-0.15, -0.1) is 0 Å². The zero-order chi connectivity index (χ0) is 11.8. The predicted octanol–water partition coefficient (Wildman–Crippen LogP) is 1.92. The number of ether oxygens (including phenoxy) is 1. The van der Waals surface area contributed by atoms with Gasteiger partial charge in [0.25, 0.3) is 0 Å². The predicted molar refractivity (Wildman–Crippen MR) is 63.0 cm³/mol. The van der Waals surface area contributed by atoms with Crippen LogP contribution in [0.5, 0.6) is 5.75 Å². The highest BCUT2D eigenvalue weighted by atomic mass is 16.5. The number of aliphatic carboxylic acids is 1. The highest BCUT2D eigenvalue weighted by molar-refractivity contribution is 5.90. The van der Waals surface area contributed by atoms with Crippen molar-refractivity contribution in [3.05, 3.63) is 47.8 Å². The molecule has 2 heterocycles. The Morgan fingerprint density at radius 1 is 1.41 bits per heavy atom. The molecular weight excluding hydrogens is 218 g/mol. The molecule has 0 radical (unpaired) electrons. The van der Waals surface area contributed by atoms with Gasteiger partial charge in [0.05, 0.1) is 11.3 Å². The summed E-state index contributed by atoms with van der Waals surface area (Å²) in [5.74, 6) is -0.0761. The fourth-order valence-electron chi connectivity index (χ4n) is 2.15. The first-order valence-electron chi connectivity index (χ1n) is 5.39. The van der Waals surface area contributed by atoms with Crippen molar-refractivity contribution in [2.24, 2.45) is 0 Å². The summed E-state index contributed by atoms with van der Waals surface area (Å²) in [6.07, 6.45) is 5.80. The topological polar surface area (TPSA) is 49.8 Å². The van der Waals surface area contributed by atoms with Gasteiger partial charge in [0.1, 0.15) is 12.4 Å². The van der Waals surface area contributed by atoms with Gasteiger partial charge in [0, 0.05) is 18.8 Å². The van der Waals surface area contributed by atoms with Crippen LogP contribution in [0.4, 0.5) is 5.69 Å². The van der Waals surface area contributed by atoms with Crippen molar-refractivity contribution in [2.75, 3.05) is 11.5 Å². The molecule has 0 unspecified atom stereocenters. The van der Waals surface area contributed by atoms with E-state index in [1.54, 1.807) is 6.20 Å². The fourth-order valence-corrected chi connectivity index (χ4v) is 2.15. The fraction of sp³-hybridized carbons (Fsp3) is 0.154. The summed E-state index contributed by atoms with van der Waals surface area (Å²) < 4.78 is 5.59. The van der Waals surface area contributed by atoms with Crippen molar-refractivity contribution in [3.63, 3.8) is 0 Å². The third kappa shape index (κ3) is 1.58. The molecule has 0 bridgehead atoms. The number of carboxylic acid groups (broad SMARTS) is 1. The van der Waals surface area contributed by atoms with E-state index in [1.165, 1.54) is 0 Å². The molecule has 1 aromatic carbocycles. The van der Waals surface area contributed by atoms with Crippen LogP contribution < -0.4 is 9.64 Å². The number of carbonyl (C=O) groups is 1. The average Bonchev–Trinajstić information content (AvgIpc) is 2.53. The van der Waals surface area contributed by atoms with Crippen molar-refractivity contribution in [1.82, 2.24) is 0 Å². The van der Waals surface area contributed by atoms with Crippen LogP contribution in [0.2, 0.25) is 0 Å². The summed E-state index contributed by atoms with van der Waals surface area (Å²) in [6.45, 7) is 0.503. The Labute approximate surface area is 98.4 Å². The Hall–Kier alpha value is -2.23. The molecule has 0 amide bonds. The smallest absolute Gasteiger partial charge is 0.333 e. The number of anilines is 1. The third-order valence-electron chi connectivity index (χ3n) is 2.89. The number of para-hydroxylation sites is 1. The maximum Gasteiger partial charge on any atom is 0.333 e. The van der Waals surface area contributed by atoms with Crippen LogP contribution in [0.15, 0.2) is 42.2 Å². The van der Waals surface area contributed by atoms with Gasteiger partial charge in [-0.3, -0.25) is 0 Å². The molecule has 17 heavy (non-hydrogen) atoms. The van der Waals surface area contributed by atoms with Crippen molar-refractivity contribution >= 4 is 11.7 Å². The van der Waals surface area contributed by atoms with E-state index >= 15 is 0 Å². The quantitative estimate of drug-likeness (QED) is 0.799. The maximum absolute atomic E-state index is 11.1. The first kappa shape index (κ1) is 9.96. The van der Waals surface area contributed by atoms with Crippen LogP contribution in [-0.2, 0) is 11.2 Å². The SMILES string of the molecule is O=C(O)C1=CN2C=CCOc3cccc(c32)C1. The molecule has 0 aliphatic carbocycles. The van der Waals surface area contributed by atoms with Gasteiger partial charge in [-0.1, -0.05) is 12.1 Å². The molecule has 86 valence electrons. The second kappa shape index (κ2) is 3.66. The van der Waals surface area contributed by atoms with E-state index in [2.05, 4.69) is 0 Å². The molecule has 0 saturated carbocycles. The van der Waals surface area contributed by atoms with Crippen molar-refractivity contribution in [1.29, 1.82) is 0 Å². The summed E-state index contributed by atoms with van der Waals surface area (Å²) in [6, 6.07) is 5.73. The number of hydrogen-bond donors (Lipinski definition) is 1. The summed E-state index contributed by atoms with van der Waals surface area (Å²) in [7, 11) is 0. The molecule has 2 aliphatic rings. The van der Waals surface area contributed by atoms with E-state index in [4.69, 9.17) is 9.84 Å². The minimum Gasteiger partial charge on any atom is -0.487 e. The van der Waals surface area contributed by atoms with Gasteiger partial charge in [-0.25, -0.2) is 4.79 Å². The Bertz CT molecular complexity index is 546. The van der Waals surface area contributed by atoms with Crippen LogP contribution in [0.25, 0.3) is 0 Å². The molecule has 3 rings (SSSR count). The summed E-state index contributed by atoms with van der Waals surface area (Å²) >= 11 is 0. The lowest BCUT2D eigenvalue weighted by atomic mass is 9.99. The number of benzene rings is 1. The Morgan fingerprint density at radius 2 is 2.29 bits per heavy atom. The van der Waals surface area contributed by atoms with E-state index < -0.39 is 5.97 Å². The second-order valence-corrected chi connectivity index (χ2v) is 4.00. The van der Waals surface area contributed by atoms with E-state index in [0.29, 0.717) is 18.6 Å². The summed E-state index contributed by atoms with van der Waals surface area (Å²) in [4.78, 5) is 12.9. The van der Waals surface area contributed by atoms with E-state index in [9.17, 15) is 4.79 Å². The van der Waals surface area contributed by atoms with Crippen LogP contribution in [0, 0.1) is 0 Å². The van der Waals surface area contributed by atoms with Crippen molar-refractivity contribution < 1.29 is 14.6 Å². The first-order valence-corrected chi connectivity index (χ1v) is 5.39. The van der Waals surface area contributed by atoms with Gasteiger partial charge in [0.2, 0.25) is 0 Å². The molecule has 0 atom stereocenters. The van der Waals surface area contributed by atoms with Gasteiger partial charge in [0.15, 0.2) is 0 Å². The largest absolute Gasteiger partial charge is 0.487 e. The third-order valence-corrected chi connectivity index (χ3v) is 2.89. The van der Waals surface area contributed by atoms with Crippen LogP contribution in [-0.4, -0.2) is 17.7 Å². The normalized spacial score (nSPS) is 16.7. The zero-order valence-electron chi connectivity index (χ0n) is 9.09. The number of carboxylic acids is 1. The van der Waals surface area contributed by atoms with Crippen LogP contribution in [0.1, 0.15) is 5.56 Å². The Morgan fingerprint density at radius 3 is 3.12 bits per heavy atom. The standard InChI is InChI=1S/C13H11NO3/c15-13(16)10-7-9-3-1-4-11-12(9)14(8-10)5-2-6-17-11/h1-5,8H,6-7H2,(H,15,16). The average molecular weight is 229 g/mol. The maximum atomic E-state index is 11.1. The molecule has 0 spiro atoms. The summed E-state index contributed by atoms with van der Waals surface area (Å²) in [5, 5.41) is 9.08. The van der Waals surface area contributed by atoms with Gasteiger partial charge < -0.3 is 14.7 Å². The van der Waals surface area contributed by atoms with Crippen molar-refractivity contribution in [2.45, 2.75) is 6.42 Å². The lowest BCUT2D eigenvalue weighted by molar-refractivity contribution is -0.132. The number of rotatable bonds is 1. The molecule has 4 heteroatoms. The molecule has 0 aromatic heterocycles. The van der Waals surface area contributed by atoms with E-state index in [0.717, 1.165) is 17.0 Å². The minimum atomic E-state index is -0.875. The second-order valence-electron chi connectivity index (χ2n) is 4.00.